The van der Waals surface area contributed by atoms with Crippen molar-refractivity contribution in [1.29, 1.82) is 5.26 Å². The molecule has 0 fully saturated rings. The molecule has 0 aliphatic carbocycles. The number of halogens is 1. The number of nitriles is 1. The zero-order valence-electron chi connectivity index (χ0n) is 15.4. The zero-order valence-corrected chi connectivity index (χ0v) is 17.0. The number of carbonyl (C=O) groups is 1. The summed E-state index contributed by atoms with van der Waals surface area (Å²) in [6.07, 6.45) is 6.06. The summed E-state index contributed by atoms with van der Waals surface area (Å²) in [4.78, 5) is 12.4. The molecule has 2 aromatic rings. The van der Waals surface area contributed by atoms with Gasteiger partial charge in [0.25, 0.3) is 5.91 Å². The monoisotopic (exact) mass is 426 g/mol. The molecule has 0 aromatic heterocycles. The van der Waals surface area contributed by atoms with Crippen LogP contribution in [0.15, 0.2) is 58.6 Å². The molecular weight excluding hydrogens is 404 g/mol. The Hall–Kier alpha value is -2.58. The van der Waals surface area contributed by atoms with E-state index < -0.39 is 5.91 Å². The number of hydrogen-bond acceptors (Lipinski definition) is 3. The Morgan fingerprint density at radius 1 is 1.15 bits per heavy atom. The third-order valence-electron chi connectivity index (χ3n) is 3.94. The van der Waals surface area contributed by atoms with Gasteiger partial charge in [-0.3, -0.25) is 4.79 Å². The quantitative estimate of drug-likeness (QED) is 0.305. The molecule has 2 aromatic carbocycles. The molecule has 0 atom stereocenters. The summed E-state index contributed by atoms with van der Waals surface area (Å²) in [7, 11) is 0. The van der Waals surface area contributed by atoms with Gasteiger partial charge in [0, 0.05) is 15.7 Å². The lowest BCUT2D eigenvalue weighted by atomic mass is 10.1. The maximum Gasteiger partial charge on any atom is 0.266 e. The minimum absolute atomic E-state index is 0.0277. The number of ether oxygens (including phenoxy) is 1. The van der Waals surface area contributed by atoms with Gasteiger partial charge in [-0.2, -0.15) is 5.26 Å². The number of unbranched alkanes of at least 4 members (excludes halogenated alkanes) is 3. The van der Waals surface area contributed by atoms with Gasteiger partial charge in [0.15, 0.2) is 0 Å². The number of para-hydroxylation sites is 1. The molecule has 1 N–H and O–H groups in total. The molecule has 4 nitrogen and oxygen atoms in total. The van der Waals surface area contributed by atoms with Crippen LogP contribution < -0.4 is 10.1 Å². The van der Waals surface area contributed by atoms with Gasteiger partial charge in [-0.15, -0.1) is 0 Å². The fourth-order valence-electron chi connectivity index (χ4n) is 2.48. The number of nitrogens with zero attached hydrogens (tertiary/aromatic N) is 1. The van der Waals surface area contributed by atoms with E-state index >= 15 is 0 Å². The van der Waals surface area contributed by atoms with Gasteiger partial charge in [0.2, 0.25) is 0 Å². The van der Waals surface area contributed by atoms with Crippen molar-refractivity contribution in [2.45, 2.75) is 32.6 Å². The molecule has 0 radical (unpaired) electrons. The lowest BCUT2D eigenvalue weighted by Gasteiger charge is -2.10. The summed E-state index contributed by atoms with van der Waals surface area (Å²) in [5.74, 6) is 0.232. The molecule has 0 heterocycles. The van der Waals surface area contributed by atoms with Crippen LogP contribution in [0.4, 0.5) is 5.69 Å². The fourth-order valence-corrected chi connectivity index (χ4v) is 2.74. The number of amides is 1. The number of carbonyl (C=O) groups excluding carboxylic acids is 1. The van der Waals surface area contributed by atoms with Gasteiger partial charge >= 0.3 is 0 Å². The van der Waals surface area contributed by atoms with Crippen LogP contribution >= 0.6 is 15.9 Å². The zero-order chi connectivity index (χ0) is 19.5. The number of benzene rings is 2. The van der Waals surface area contributed by atoms with Crippen LogP contribution in [0, 0.1) is 11.3 Å². The Morgan fingerprint density at radius 3 is 2.59 bits per heavy atom. The van der Waals surface area contributed by atoms with Crippen molar-refractivity contribution in [3.8, 4) is 11.8 Å². The average Bonchev–Trinajstić information content (AvgIpc) is 2.68. The Labute approximate surface area is 169 Å². The fraction of sp³-hybridized carbons (Fsp3) is 0.273. The summed E-state index contributed by atoms with van der Waals surface area (Å²) in [6, 6.07) is 16.6. The molecule has 2 rings (SSSR count). The minimum Gasteiger partial charge on any atom is -0.493 e. The molecule has 0 aliphatic rings. The first-order valence-corrected chi connectivity index (χ1v) is 9.84. The average molecular weight is 427 g/mol. The van der Waals surface area contributed by atoms with E-state index in [1.807, 2.05) is 42.5 Å². The van der Waals surface area contributed by atoms with Crippen molar-refractivity contribution in [3.05, 3.63) is 64.1 Å². The van der Waals surface area contributed by atoms with Crippen LogP contribution in [0.5, 0.6) is 5.75 Å². The summed E-state index contributed by atoms with van der Waals surface area (Å²) in [6.45, 7) is 2.79. The Morgan fingerprint density at radius 2 is 1.89 bits per heavy atom. The molecule has 1 amide bonds. The van der Waals surface area contributed by atoms with E-state index in [1.54, 1.807) is 18.2 Å². The maximum atomic E-state index is 12.4. The van der Waals surface area contributed by atoms with E-state index in [-0.39, 0.29) is 5.57 Å². The predicted molar refractivity (Wildman–Crippen MR) is 112 cm³/mol. The Bertz CT molecular complexity index is 823. The molecule has 0 saturated heterocycles. The van der Waals surface area contributed by atoms with Gasteiger partial charge in [-0.25, -0.2) is 0 Å². The minimum atomic E-state index is -0.447. The molecule has 0 aliphatic heterocycles. The first-order valence-electron chi connectivity index (χ1n) is 9.04. The van der Waals surface area contributed by atoms with E-state index in [4.69, 9.17) is 4.74 Å². The van der Waals surface area contributed by atoms with Gasteiger partial charge in [-0.05, 0) is 42.8 Å². The molecule has 140 valence electrons. The van der Waals surface area contributed by atoms with Crippen molar-refractivity contribution >= 4 is 33.6 Å². The van der Waals surface area contributed by atoms with E-state index in [0.29, 0.717) is 18.0 Å². The number of nitrogens with one attached hydrogen (secondary N) is 1. The molecule has 5 heteroatoms. The van der Waals surface area contributed by atoms with Crippen LogP contribution in [0.25, 0.3) is 6.08 Å². The second-order valence-electron chi connectivity index (χ2n) is 6.08. The number of hydrogen-bond donors (Lipinski definition) is 1. The summed E-state index contributed by atoms with van der Waals surface area (Å²) in [5.41, 5.74) is 1.38. The van der Waals surface area contributed by atoms with Gasteiger partial charge in [0.1, 0.15) is 17.4 Å². The SMILES string of the molecule is CCCCCCOc1ccccc1/C=C(\C#N)C(=O)Nc1ccc(Br)cc1. The molecule has 27 heavy (non-hydrogen) atoms. The highest BCUT2D eigenvalue weighted by Gasteiger charge is 2.11. The molecule has 0 spiro atoms. The van der Waals surface area contributed by atoms with Crippen LogP contribution in [0.2, 0.25) is 0 Å². The van der Waals surface area contributed by atoms with Crippen molar-refractivity contribution in [2.75, 3.05) is 11.9 Å². The van der Waals surface area contributed by atoms with Gasteiger partial charge in [-0.1, -0.05) is 60.3 Å². The van der Waals surface area contributed by atoms with E-state index in [9.17, 15) is 10.1 Å². The molecular formula is C22H23BrN2O2. The van der Waals surface area contributed by atoms with Crippen molar-refractivity contribution in [2.24, 2.45) is 0 Å². The third-order valence-corrected chi connectivity index (χ3v) is 4.47. The first kappa shape index (κ1) is 20.7. The highest BCUT2D eigenvalue weighted by molar-refractivity contribution is 9.10. The summed E-state index contributed by atoms with van der Waals surface area (Å²) in [5, 5.41) is 12.2. The van der Waals surface area contributed by atoms with Crippen LogP contribution in [0.3, 0.4) is 0 Å². The topological polar surface area (TPSA) is 62.1 Å². The molecule has 0 saturated carbocycles. The molecule has 0 unspecified atom stereocenters. The second-order valence-corrected chi connectivity index (χ2v) is 6.99. The van der Waals surface area contributed by atoms with E-state index in [1.165, 1.54) is 12.8 Å². The standard InChI is InChI=1S/C22H23BrN2O2/c1-2-3-4-7-14-27-21-9-6-5-8-17(21)15-18(16-24)22(26)25-20-12-10-19(23)11-13-20/h5-6,8-13,15H,2-4,7,14H2,1H3,(H,25,26)/b18-15+. The first-order chi connectivity index (χ1) is 13.1. The third kappa shape index (κ3) is 6.92. The number of rotatable bonds is 9. The van der Waals surface area contributed by atoms with Gasteiger partial charge in [0.05, 0.1) is 6.61 Å². The van der Waals surface area contributed by atoms with Crippen LogP contribution in [-0.2, 0) is 4.79 Å². The van der Waals surface area contributed by atoms with Crippen molar-refractivity contribution in [1.82, 2.24) is 0 Å². The van der Waals surface area contributed by atoms with E-state index in [2.05, 4.69) is 28.2 Å². The largest absolute Gasteiger partial charge is 0.493 e. The van der Waals surface area contributed by atoms with Crippen molar-refractivity contribution < 1.29 is 9.53 Å². The Balaban J connectivity index is 2.08. The molecule has 0 bridgehead atoms. The normalized spacial score (nSPS) is 10.9. The lowest BCUT2D eigenvalue weighted by Crippen LogP contribution is -2.13. The van der Waals surface area contributed by atoms with E-state index in [0.717, 1.165) is 22.9 Å². The summed E-state index contributed by atoms with van der Waals surface area (Å²) < 4.78 is 6.77. The predicted octanol–water partition coefficient (Wildman–Crippen LogP) is 5.95. The van der Waals surface area contributed by atoms with Crippen molar-refractivity contribution in [3.63, 3.8) is 0 Å². The number of anilines is 1. The van der Waals surface area contributed by atoms with Gasteiger partial charge < -0.3 is 10.1 Å². The highest BCUT2D eigenvalue weighted by Crippen LogP contribution is 2.22. The highest BCUT2D eigenvalue weighted by atomic mass is 79.9. The summed E-state index contributed by atoms with van der Waals surface area (Å²) >= 11 is 3.35. The second kappa shape index (κ2) is 11.2. The van der Waals surface area contributed by atoms with Crippen LogP contribution in [-0.4, -0.2) is 12.5 Å². The van der Waals surface area contributed by atoms with Crippen LogP contribution in [0.1, 0.15) is 38.2 Å². The Kier molecular flexibility index (Phi) is 8.60. The maximum absolute atomic E-state index is 12.4. The smallest absolute Gasteiger partial charge is 0.266 e. The lowest BCUT2D eigenvalue weighted by molar-refractivity contribution is -0.112.